The molecule has 0 heterocycles. The first-order valence-corrected chi connectivity index (χ1v) is 6.30. The largest absolute Gasteiger partial charge is 0.497 e. The number of benzene rings is 1. The lowest BCUT2D eigenvalue weighted by atomic mass is 10.0. The molecule has 0 radical (unpaired) electrons. The average molecular weight is 246 g/mol. The van der Waals surface area contributed by atoms with E-state index in [0.717, 1.165) is 17.9 Å². The highest BCUT2D eigenvalue weighted by molar-refractivity contribution is 5.62. The van der Waals surface area contributed by atoms with Crippen LogP contribution in [0.15, 0.2) is 18.2 Å². The smallest absolute Gasteiger partial charge is 0.121 e. The van der Waals surface area contributed by atoms with E-state index in [2.05, 4.69) is 31.7 Å². The van der Waals surface area contributed by atoms with Gasteiger partial charge in [0.1, 0.15) is 11.8 Å². The van der Waals surface area contributed by atoms with Crippen LogP contribution in [0, 0.1) is 17.2 Å². The number of nitrogens with zero attached hydrogens (tertiary/aromatic N) is 2. The third-order valence-electron chi connectivity index (χ3n) is 3.18. The molecule has 0 saturated carbocycles. The zero-order chi connectivity index (χ0) is 13.7. The van der Waals surface area contributed by atoms with E-state index >= 15 is 0 Å². The fourth-order valence-corrected chi connectivity index (χ4v) is 2.10. The molecule has 1 aromatic carbocycles. The molecule has 3 nitrogen and oxygen atoms in total. The van der Waals surface area contributed by atoms with Gasteiger partial charge in [0.05, 0.1) is 18.4 Å². The maximum Gasteiger partial charge on any atom is 0.121 e. The minimum Gasteiger partial charge on any atom is -0.497 e. The predicted molar refractivity (Wildman–Crippen MR) is 75.0 cm³/mol. The van der Waals surface area contributed by atoms with Gasteiger partial charge >= 0.3 is 0 Å². The lowest BCUT2D eigenvalue weighted by Gasteiger charge is -2.29. The van der Waals surface area contributed by atoms with Gasteiger partial charge in [0.15, 0.2) is 0 Å². The van der Waals surface area contributed by atoms with Crippen LogP contribution in [0.5, 0.6) is 5.75 Å². The van der Waals surface area contributed by atoms with E-state index in [4.69, 9.17) is 4.74 Å². The number of ether oxygens (including phenoxy) is 1. The van der Waals surface area contributed by atoms with Gasteiger partial charge in [-0.2, -0.15) is 5.26 Å². The van der Waals surface area contributed by atoms with E-state index in [1.54, 1.807) is 7.11 Å². The summed E-state index contributed by atoms with van der Waals surface area (Å²) in [7, 11) is 3.67. The van der Waals surface area contributed by atoms with Gasteiger partial charge in [-0.05, 0) is 31.4 Å². The van der Waals surface area contributed by atoms with Gasteiger partial charge in [-0.1, -0.05) is 13.8 Å². The maximum atomic E-state index is 9.18. The number of nitriles is 1. The van der Waals surface area contributed by atoms with E-state index < -0.39 is 0 Å². The highest BCUT2D eigenvalue weighted by Crippen LogP contribution is 2.27. The Bertz CT molecular complexity index is 435. The highest BCUT2D eigenvalue weighted by Gasteiger charge is 2.15. The molecule has 0 saturated heterocycles. The van der Waals surface area contributed by atoms with Crippen LogP contribution >= 0.6 is 0 Å². The normalized spacial score (nSPS) is 12.1. The Morgan fingerprint density at radius 1 is 1.33 bits per heavy atom. The molecule has 0 fully saturated rings. The monoisotopic (exact) mass is 246 g/mol. The molecule has 0 bridgehead atoms. The minimum absolute atomic E-state index is 0.393. The molecule has 1 atom stereocenters. The summed E-state index contributed by atoms with van der Waals surface area (Å²) in [5, 5.41) is 9.18. The Kier molecular flexibility index (Phi) is 5.03. The minimum atomic E-state index is 0.393. The lowest BCUT2D eigenvalue weighted by Crippen LogP contribution is -2.30. The Balaban J connectivity index is 3.03. The zero-order valence-corrected chi connectivity index (χ0v) is 11.9. The molecule has 0 aliphatic rings. The number of rotatable bonds is 5. The topological polar surface area (TPSA) is 36.3 Å². The molecule has 0 amide bonds. The number of hydrogen-bond donors (Lipinski definition) is 0. The van der Waals surface area contributed by atoms with Gasteiger partial charge in [-0.3, -0.25) is 0 Å². The molecule has 1 unspecified atom stereocenters. The van der Waals surface area contributed by atoms with Crippen molar-refractivity contribution in [2.75, 3.05) is 19.1 Å². The van der Waals surface area contributed by atoms with Gasteiger partial charge in [-0.15, -0.1) is 0 Å². The van der Waals surface area contributed by atoms with Crippen molar-refractivity contribution >= 4 is 5.69 Å². The van der Waals surface area contributed by atoms with E-state index in [1.807, 2.05) is 25.2 Å². The standard InChI is InChI=1S/C15H22N2O/c1-11(2)8-12(3)17(4)15-9-14(18-5)7-6-13(15)10-16/h6-7,9,11-12H,8H2,1-5H3. The molecule has 0 aliphatic heterocycles. The van der Waals surface area contributed by atoms with Crippen LogP contribution in [-0.2, 0) is 0 Å². The van der Waals surface area contributed by atoms with E-state index in [9.17, 15) is 5.26 Å². The molecule has 0 spiro atoms. The van der Waals surface area contributed by atoms with Crippen molar-refractivity contribution in [3.05, 3.63) is 23.8 Å². The van der Waals surface area contributed by atoms with Gasteiger partial charge in [0.2, 0.25) is 0 Å². The van der Waals surface area contributed by atoms with Crippen molar-refractivity contribution in [1.82, 2.24) is 0 Å². The number of anilines is 1. The number of methoxy groups -OCH3 is 1. The fraction of sp³-hybridized carbons (Fsp3) is 0.533. The van der Waals surface area contributed by atoms with Gasteiger partial charge in [0.25, 0.3) is 0 Å². The zero-order valence-electron chi connectivity index (χ0n) is 11.9. The molecule has 3 heteroatoms. The van der Waals surface area contributed by atoms with Crippen LogP contribution < -0.4 is 9.64 Å². The molecule has 0 N–H and O–H groups in total. The van der Waals surface area contributed by atoms with Gasteiger partial charge in [-0.25, -0.2) is 0 Å². The van der Waals surface area contributed by atoms with Crippen molar-refractivity contribution < 1.29 is 4.74 Å². The van der Waals surface area contributed by atoms with E-state index in [0.29, 0.717) is 17.5 Å². The quantitative estimate of drug-likeness (QED) is 0.798. The van der Waals surface area contributed by atoms with Crippen LogP contribution in [0.4, 0.5) is 5.69 Å². The molecular formula is C15H22N2O. The maximum absolute atomic E-state index is 9.18. The van der Waals surface area contributed by atoms with Crippen LogP contribution in [-0.4, -0.2) is 20.2 Å². The molecule has 1 rings (SSSR count). The predicted octanol–water partition coefficient (Wildman–Crippen LogP) is 3.44. The molecule has 18 heavy (non-hydrogen) atoms. The van der Waals surface area contributed by atoms with Crippen molar-refractivity contribution in [2.24, 2.45) is 5.92 Å². The Hall–Kier alpha value is -1.69. The molecule has 98 valence electrons. The summed E-state index contributed by atoms with van der Waals surface area (Å²) in [6.07, 6.45) is 1.10. The Labute approximate surface area is 110 Å². The molecule has 1 aromatic rings. The third kappa shape index (κ3) is 3.40. The van der Waals surface area contributed by atoms with Crippen LogP contribution in [0.25, 0.3) is 0 Å². The molecule has 0 aromatic heterocycles. The molecular weight excluding hydrogens is 224 g/mol. The van der Waals surface area contributed by atoms with Crippen molar-refractivity contribution in [1.29, 1.82) is 5.26 Å². The highest BCUT2D eigenvalue weighted by atomic mass is 16.5. The van der Waals surface area contributed by atoms with Crippen molar-refractivity contribution in [3.8, 4) is 11.8 Å². The van der Waals surface area contributed by atoms with Crippen LogP contribution in [0.2, 0.25) is 0 Å². The Morgan fingerprint density at radius 3 is 2.50 bits per heavy atom. The Morgan fingerprint density at radius 2 is 2.00 bits per heavy atom. The second-order valence-corrected chi connectivity index (χ2v) is 5.08. The van der Waals surface area contributed by atoms with Crippen molar-refractivity contribution in [2.45, 2.75) is 33.2 Å². The average Bonchev–Trinajstić information content (AvgIpc) is 2.36. The van der Waals surface area contributed by atoms with Crippen LogP contribution in [0.3, 0.4) is 0 Å². The lowest BCUT2D eigenvalue weighted by molar-refractivity contribution is 0.414. The summed E-state index contributed by atoms with van der Waals surface area (Å²) >= 11 is 0. The summed E-state index contributed by atoms with van der Waals surface area (Å²) in [5.41, 5.74) is 1.62. The third-order valence-corrected chi connectivity index (χ3v) is 3.18. The van der Waals surface area contributed by atoms with E-state index in [-0.39, 0.29) is 0 Å². The summed E-state index contributed by atoms with van der Waals surface area (Å²) < 4.78 is 5.23. The first kappa shape index (κ1) is 14.4. The van der Waals surface area contributed by atoms with Gasteiger partial charge < -0.3 is 9.64 Å². The van der Waals surface area contributed by atoms with E-state index in [1.165, 1.54) is 0 Å². The second kappa shape index (κ2) is 6.30. The summed E-state index contributed by atoms with van der Waals surface area (Å²) in [5.74, 6) is 1.42. The van der Waals surface area contributed by atoms with Gasteiger partial charge in [0, 0.05) is 19.2 Å². The van der Waals surface area contributed by atoms with Crippen molar-refractivity contribution in [3.63, 3.8) is 0 Å². The summed E-state index contributed by atoms with van der Waals surface area (Å²) in [6.45, 7) is 6.60. The summed E-state index contributed by atoms with van der Waals surface area (Å²) in [6, 6.07) is 8.19. The summed E-state index contributed by atoms with van der Waals surface area (Å²) in [4.78, 5) is 2.15. The molecule has 0 aliphatic carbocycles. The SMILES string of the molecule is COc1ccc(C#N)c(N(C)C(C)CC(C)C)c1. The first-order valence-electron chi connectivity index (χ1n) is 6.30. The number of hydrogen-bond acceptors (Lipinski definition) is 3. The first-order chi connectivity index (χ1) is 8.49. The fourth-order valence-electron chi connectivity index (χ4n) is 2.10. The van der Waals surface area contributed by atoms with Crippen LogP contribution in [0.1, 0.15) is 32.8 Å². The second-order valence-electron chi connectivity index (χ2n) is 5.08.